The van der Waals surface area contributed by atoms with Gasteiger partial charge in [-0.3, -0.25) is 0 Å². The van der Waals surface area contributed by atoms with Crippen molar-refractivity contribution in [3.8, 4) is 0 Å². The zero-order valence-electron chi connectivity index (χ0n) is 15.8. The van der Waals surface area contributed by atoms with Crippen LogP contribution in [0.5, 0.6) is 0 Å². The quantitative estimate of drug-likeness (QED) is 0.293. The molecule has 2 aromatic rings. The number of benzene rings is 2. The van der Waals surface area contributed by atoms with Crippen molar-refractivity contribution in [3.63, 3.8) is 0 Å². The Morgan fingerprint density at radius 1 is 0.808 bits per heavy atom. The van der Waals surface area contributed by atoms with Gasteiger partial charge in [-0.1, -0.05) is 94.0 Å². The number of unbranched alkanes of at least 4 members (excludes halogenated alkanes) is 7. The van der Waals surface area contributed by atoms with Crippen LogP contribution in [0.4, 0.5) is 0 Å². The summed E-state index contributed by atoms with van der Waals surface area (Å²) in [6, 6.07) is 17.8. The Balaban J connectivity index is 1.72. The number of esters is 1. The molecule has 0 unspecified atom stereocenters. The van der Waals surface area contributed by atoms with Crippen molar-refractivity contribution in [2.24, 2.45) is 0 Å². The topological polar surface area (TPSA) is 26.3 Å². The minimum Gasteiger partial charge on any atom is -0.462 e. The largest absolute Gasteiger partial charge is 0.462 e. The summed E-state index contributed by atoms with van der Waals surface area (Å²) >= 11 is 1.60. The Labute approximate surface area is 162 Å². The lowest BCUT2D eigenvalue weighted by Crippen LogP contribution is -2.07. The van der Waals surface area contributed by atoms with E-state index < -0.39 is 0 Å². The van der Waals surface area contributed by atoms with Gasteiger partial charge in [0.15, 0.2) is 0 Å². The van der Waals surface area contributed by atoms with Gasteiger partial charge in [-0.15, -0.1) is 0 Å². The van der Waals surface area contributed by atoms with E-state index in [2.05, 4.69) is 6.92 Å². The SMILES string of the molecule is CCCCCCCCCCOC(=O)c1ccccc1Sc1ccccc1. The first-order valence-corrected chi connectivity index (χ1v) is 10.6. The number of hydrogen-bond acceptors (Lipinski definition) is 3. The molecule has 0 N–H and O–H groups in total. The molecule has 0 aliphatic heterocycles. The van der Waals surface area contributed by atoms with Crippen LogP contribution in [-0.2, 0) is 4.74 Å². The predicted octanol–water partition coefficient (Wildman–Crippen LogP) is 7.14. The summed E-state index contributed by atoms with van der Waals surface area (Å²) < 4.78 is 5.50. The van der Waals surface area contributed by atoms with Gasteiger partial charge in [-0.2, -0.15) is 0 Å². The Kier molecular flexibility index (Phi) is 9.96. The average Bonchev–Trinajstić information content (AvgIpc) is 2.68. The van der Waals surface area contributed by atoms with Gasteiger partial charge >= 0.3 is 5.97 Å². The fourth-order valence-corrected chi connectivity index (χ4v) is 3.77. The van der Waals surface area contributed by atoms with E-state index in [1.165, 1.54) is 38.5 Å². The lowest BCUT2D eigenvalue weighted by Gasteiger charge is -2.09. The summed E-state index contributed by atoms with van der Waals surface area (Å²) in [5.41, 5.74) is 0.654. The van der Waals surface area contributed by atoms with Gasteiger partial charge in [0.05, 0.1) is 12.2 Å². The molecule has 0 aromatic heterocycles. The fraction of sp³-hybridized carbons (Fsp3) is 0.435. The van der Waals surface area contributed by atoms with Crippen LogP contribution < -0.4 is 0 Å². The Morgan fingerprint density at radius 3 is 2.15 bits per heavy atom. The van der Waals surface area contributed by atoms with Crippen molar-refractivity contribution in [2.45, 2.75) is 68.1 Å². The summed E-state index contributed by atoms with van der Waals surface area (Å²) in [6.45, 7) is 2.75. The van der Waals surface area contributed by atoms with Crippen LogP contribution in [0.15, 0.2) is 64.4 Å². The first-order chi connectivity index (χ1) is 12.8. The molecular weight excluding hydrogens is 340 g/mol. The van der Waals surface area contributed by atoms with Crippen molar-refractivity contribution in [1.82, 2.24) is 0 Å². The number of hydrogen-bond donors (Lipinski definition) is 0. The van der Waals surface area contributed by atoms with Crippen LogP contribution in [0.3, 0.4) is 0 Å². The van der Waals surface area contributed by atoms with Gasteiger partial charge < -0.3 is 4.74 Å². The van der Waals surface area contributed by atoms with Crippen molar-refractivity contribution >= 4 is 17.7 Å². The van der Waals surface area contributed by atoms with Crippen LogP contribution in [-0.4, -0.2) is 12.6 Å². The predicted molar refractivity (Wildman–Crippen MR) is 110 cm³/mol. The van der Waals surface area contributed by atoms with E-state index in [1.54, 1.807) is 11.8 Å². The Morgan fingerprint density at radius 2 is 1.42 bits per heavy atom. The highest BCUT2D eigenvalue weighted by Crippen LogP contribution is 2.30. The maximum atomic E-state index is 12.4. The van der Waals surface area contributed by atoms with Crippen molar-refractivity contribution in [2.75, 3.05) is 6.61 Å². The minimum atomic E-state index is -0.216. The highest BCUT2D eigenvalue weighted by atomic mass is 32.2. The smallest absolute Gasteiger partial charge is 0.339 e. The van der Waals surface area contributed by atoms with Gasteiger partial charge in [-0.05, 0) is 30.7 Å². The normalized spacial score (nSPS) is 10.7. The van der Waals surface area contributed by atoms with E-state index in [0.717, 1.165) is 22.6 Å². The molecule has 26 heavy (non-hydrogen) atoms. The van der Waals surface area contributed by atoms with Crippen molar-refractivity contribution in [3.05, 3.63) is 60.2 Å². The molecule has 0 saturated carbocycles. The monoisotopic (exact) mass is 370 g/mol. The lowest BCUT2D eigenvalue weighted by atomic mass is 10.1. The van der Waals surface area contributed by atoms with Crippen molar-refractivity contribution < 1.29 is 9.53 Å². The molecule has 0 fully saturated rings. The maximum absolute atomic E-state index is 12.4. The lowest BCUT2D eigenvalue weighted by molar-refractivity contribution is 0.0493. The molecule has 3 heteroatoms. The third-order valence-electron chi connectivity index (χ3n) is 4.31. The average molecular weight is 371 g/mol. The molecule has 0 amide bonds. The molecule has 2 nitrogen and oxygen atoms in total. The molecule has 0 spiro atoms. The molecule has 2 aromatic carbocycles. The van der Waals surface area contributed by atoms with Gasteiger partial charge in [0, 0.05) is 9.79 Å². The molecule has 0 heterocycles. The van der Waals surface area contributed by atoms with Gasteiger partial charge in [0.25, 0.3) is 0 Å². The van der Waals surface area contributed by atoms with E-state index in [1.807, 2.05) is 54.6 Å². The standard InChI is InChI=1S/C23H30O2S/c1-2-3-4-5-6-7-8-14-19-25-23(24)21-17-12-13-18-22(21)26-20-15-10-9-11-16-20/h9-13,15-18H,2-8,14,19H2,1H3. The van der Waals surface area contributed by atoms with Crippen LogP contribution >= 0.6 is 11.8 Å². The van der Waals surface area contributed by atoms with E-state index in [0.29, 0.717) is 12.2 Å². The number of rotatable bonds is 12. The Bertz CT molecular complexity index is 640. The molecular formula is C23H30O2S. The third-order valence-corrected chi connectivity index (χ3v) is 5.39. The first kappa shape index (κ1) is 20.6. The first-order valence-electron chi connectivity index (χ1n) is 9.80. The molecule has 2 rings (SSSR count). The second-order valence-corrected chi connectivity index (χ2v) is 7.64. The number of carbonyl (C=O) groups excluding carboxylic acids is 1. The summed E-state index contributed by atoms with van der Waals surface area (Å²) in [4.78, 5) is 14.5. The van der Waals surface area contributed by atoms with E-state index in [-0.39, 0.29) is 5.97 Å². The molecule has 0 atom stereocenters. The summed E-state index contributed by atoms with van der Waals surface area (Å²) in [6.07, 6.45) is 9.94. The number of carbonyl (C=O) groups is 1. The van der Waals surface area contributed by atoms with Gasteiger partial charge in [0.1, 0.15) is 0 Å². The van der Waals surface area contributed by atoms with E-state index in [4.69, 9.17) is 4.74 Å². The second kappa shape index (κ2) is 12.6. The van der Waals surface area contributed by atoms with E-state index >= 15 is 0 Å². The maximum Gasteiger partial charge on any atom is 0.339 e. The second-order valence-electron chi connectivity index (χ2n) is 6.52. The van der Waals surface area contributed by atoms with Gasteiger partial charge in [0.2, 0.25) is 0 Å². The fourth-order valence-electron chi connectivity index (χ4n) is 2.82. The van der Waals surface area contributed by atoms with Crippen LogP contribution in [0.25, 0.3) is 0 Å². The number of ether oxygens (including phenoxy) is 1. The zero-order chi connectivity index (χ0) is 18.5. The summed E-state index contributed by atoms with van der Waals surface area (Å²) in [7, 11) is 0. The van der Waals surface area contributed by atoms with Crippen LogP contribution in [0.1, 0.15) is 68.6 Å². The molecule has 0 aliphatic rings. The van der Waals surface area contributed by atoms with Crippen LogP contribution in [0.2, 0.25) is 0 Å². The molecule has 0 radical (unpaired) electrons. The Hall–Kier alpha value is -1.74. The molecule has 0 bridgehead atoms. The summed E-state index contributed by atoms with van der Waals surface area (Å²) in [5, 5.41) is 0. The highest BCUT2D eigenvalue weighted by molar-refractivity contribution is 7.99. The third kappa shape index (κ3) is 7.65. The highest BCUT2D eigenvalue weighted by Gasteiger charge is 2.13. The molecule has 140 valence electrons. The van der Waals surface area contributed by atoms with Crippen LogP contribution in [0, 0.1) is 0 Å². The van der Waals surface area contributed by atoms with Gasteiger partial charge in [-0.25, -0.2) is 4.79 Å². The van der Waals surface area contributed by atoms with Crippen molar-refractivity contribution in [1.29, 1.82) is 0 Å². The molecule has 0 saturated heterocycles. The minimum absolute atomic E-state index is 0.216. The zero-order valence-corrected chi connectivity index (χ0v) is 16.6. The van der Waals surface area contributed by atoms with E-state index in [9.17, 15) is 4.79 Å². The summed E-state index contributed by atoms with van der Waals surface area (Å²) in [5.74, 6) is -0.216. The molecule has 0 aliphatic carbocycles.